The van der Waals surface area contributed by atoms with Crippen molar-refractivity contribution in [3.05, 3.63) is 94.3 Å². The first kappa shape index (κ1) is 19.9. The second kappa shape index (κ2) is 8.13. The van der Waals surface area contributed by atoms with E-state index in [0.717, 1.165) is 22.4 Å². The molecule has 1 N–H and O–H groups in total. The van der Waals surface area contributed by atoms with Crippen molar-refractivity contribution in [1.82, 2.24) is 14.8 Å². The van der Waals surface area contributed by atoms with E-state index < -0.39 is 0 Å². The van der Waals surface area contributed by atoms with Crippen molar-refractivity contribution in [1.29, 1.82) is 0 Å². The van der Waals surface area contributed by atoms with E-state index in [1.165, 1.54) is 5.56 Å². The maximum atomic E-state index is 12.8. The SMILES string of the molecule is Cc1cccc(-c2nc(C(=O)Nc3ccc(Cl)cc3)nn2-c2ccc(C)c(C)c2)c1. The fraction of sp³-hybridized carbons (Fsp3) is 0.125. The molecule has 4 aromatic rings. The van der Waals surface area contributed by atoms with Gasteiger partial charge in [0.15, 0.2) is 5.82 Å². The molecule has 0 aliphatic heterocycles. The number of halogens is 1. The van der Waals surface area contributed by atoms with Gasteiger partial charge in [-0.25, -0.2) is 9.67 Å². The largest absolute Gasteiger partial charge is 0.319 e. The second-order valence-electron chi connectivity index (χ2n) is 7.27. The molecule has 0 fully saturated rings. The molecular formula is C24H21ClN4O. The van der Waals surface area contributed by atoms with Crippen LogP contribution in [-0.2, 0) is 0 Å². The van der Waals surface area contributed by atoms with E-state index in [4.69, 9.17) is 11.6 Å². The number of benzene rings is 3. The lowest BCUT2D eigenvalue weighted by atomic mass is 10.1. The predicted molar refractivity (Wildman–Crippen MR) is 120 cm³/mol. The van der Waals surface area contributed by atoms with E-state index in [1.54, 1.807) is 28.9 Å². The van der Waals surface area contributed by atoms with E-state index in [-0.39, 0.29) is 11.7 Å². The first-order valence-electron chi connectivity index (χ1n) is 9.59. The summed E-state index contributed by atoms with van der Waals surface area (Å²) < 4.78 is 1.72. The molecule has 6 heteroatoms. The van der Waals surface area contributed by atoms with Crippen LogP contribution < -0.4 is 5.32 Å². The van der Waals surface area contributed by atoms with Gasteiger partial charge in [-0.1, -0.05) is 41.4 Å². The highest BCUT2D eigenvalue weighted by Gasteiger charge is 2.19. The molecule has 0 radical (unpaired) electrons. The Bertz CT molecular complexity index is 1230. The van der Waals surface area contributed by atoms with Gasteiger partial charge in [-0.05, 0) is 74.4 Å². The van der Waals surface area contributed by atoms with Crippen molar-refractivity contribution in [3.63, 3.8) is 0 Å². The monoisotopic (exact) mass is 416 g/mol. The molecule has 1 heterocycles. The summed E-state index contributed by atoms with van der Waals surface area (Å²) in [5, 5.41) is 7.97. The van der Waals surface area contributed by atoms with Crippen LogP contribution in [0.5, 0.6) is 0 Å². The molecule has 150 valence electrons. The van der Waals surface area contributed by atoms with E-state index in [0.29, 0.717) is 16.5 Å². The number of carbonyl (C=O) groups is 1. The average molecular weight is 417 g/mol. The van der Waals surface area contributed by atoms with Gasteiger partial charge < -0.3 is 5.32 Å². The summed E-state index contributed by atoms with van der Waals surface area (Å²) in [6, 6.07) is 21.0. The molecule has 4 rings (SSSR count). The number of carbonyl (C=O) groups excluding carboxylic acids is 1. The lowest BCUT2D eigenvalue weighted by molar-refractivity contribution is 0.101. The van der Waals surface area contributed by atoms with Gasteiger partial charge >= 0.3 is 0 Å². The zero-order valence-electron chi connectivity index (χ0n) is 17.0. The van der Waals surface area contributed by atoms with Crippen LogP contribution in [0.15, 0.2) is 66.7 Å². The summed E-state index contributed by atoms with van der Waals surface area (Å²) >= 11 is 5.92. The molecule has 5 nitrogen and oxygen atoms in total. The third kappa shape index (κ3) is 4.11. The van der Waals surface area contributed by atoms with Crippen molar-refractivity contribution in [3.8, 4) is 17.1 Å². The highest BCUT2D eigenvalue weighted by Crippen LogP contribution is 2.24. The van der Waals surface area contributed by atoms with Crippen LogP contribution in [0.2, 0.25) is 5.02 Å². The number of hydrogen-bond donors (Lipinski definition) is 1. The zero-order valence-corrected chi connectivity index (χ0v) is 17.7. The number of amides is 1. The van der Waals surface area contributed by atoms with Crippen LogP contribution in [0.1, 0.15) is 27.3 Å². The highest BCUT2D eigenvalue weighted by molar-refractivity contribution is 6.30. The van der Waals surface area contributed by atoms with Gasteiger partial charge in [0.25, 0.3) is 5.91 Å². The number of nitrogens with one attached hydrogen (secondary N) is 1. The summed E-state index contributed by atoms with van der Waals surface area (Å²) in [7, 11) is 0. The summed E-state index contributed by atoms with van der Waals surface area (Å²) in [6.45, 7) is 6.14. The minimum Gasteiger partial charge on any atom is -0.319 e. The third-order valence-corrected chi connectivity index (χ3v) is 5.18. The van der Waals surface area contributed by atoms with Crippen molar-refractivity contribution < 1.29 is 4.79 Å². The number of hydrogen-bond acceptors (Lipinski definition) is 3. The zero-order chi connectivity index (χ0) is 21.3. The normalized spacial score (nSPS) is 10.8. The predicted octanol–water partition coefficient (Wildman–Crippen LogP) is 5.77. The molecule has 0 aliphatic rings. The van der Waals surface area contributed by atoms with Crippen molar-refractivity contribution in [2.24, 2.45) is 0 Å². The summed E-state index contributed by atoms with van der Waals surface area (Å²) in [5.41, 5.74) is 5.82. The maximum Gasteiger partial charge on any atom is 0.295 e. The Morgan fingerprint density at radius 3 is 2.40 bits per heavy atom. The molecule has 0 spiro atoms. The minimum atomic E-state index is -0.381. The summed E-state index contributed by atoms with van der Waals surface area (Å²) in [6.07, 6.45) is 0. The lowest BCUT2D eigenvalue weighted by Crippen LogP contribution is -2.14. The van der Waals surface area contributed by atoms with E-state index in [9.17, 15) is 4.79 Å². The third-order valence-electron chi connectivity index (χ3n) is 4.92. The molecule has 0 unspecified atom stereocenters. The number of anilines is 1. The molecular weight excluding hydrogens is 396 g/mol. The van der Waals surface area contributed by atoms with Crippen molar-refractivity contribution >= 4 is 23.2 Å². The summed E-state index contributed by atoms with van der Waals surface area (Å²) in [5.74, 6) is 0.330. The van der Waals surface area contributed by atoms with Crippen LogP contribution >= 0.6 is 11.6 Å². The molecule has 0 atom stereocenters. The Labute approximate surface area is 180 Å². The smallest absolute Gasteiger partial charge is 0.295 e. The molecule has 30 heavy (non-hydrogen) atoms. The van der Waals surface area contributed by atoms with E-state index in [1.807, 2.05) is 49.4 Å². The van der Waals surface area contributed by atoms with Crippen LogP contribution in [-0.4, -0.2) is 20.7 Å². The first-order valence-corrected chi connectivity index (χ1v) is 9.97. The standard InChI is InChI=1S/C24H21ClN4O/c1-15-5-4-6-18(13-15)23-27-22(24(30)26-20-10-8-19(25)9-11-20)28-29(23)21-12-7-16(2)17(3)14-21/h4-14H,1-3H3,(H,26,30). The van der Waals surface area contributed by atoms with Gasteiger partial charge in [0.1, 0.15) is 0 Å². The van der Waals surface area contributed by atoms with Gasteiger partial charge in [0, 0.05) is 16.3 Å². The summed E-state index contributed by atoms with van der Waals surface area (Å²) in [4.78, 5) is 17.4. The van der Waals surface area contributed by atoms with Gasteiger partial charge in [0.05, 0.1) is 5.69 Å². The fourth-order valence-electron chi connectivity index (χ4n) is 3.14. The van der Waals surface area contributed by atoms with Crippen LogP contribution in [0.3, 0.4) is 0 Å². The van der Waals surface area contributed by atoms with Crippen molar-refractivity contribution in [2.75, 3.05) is 5.32 Å². The number of nitrogens with zero attached hydrogens (tertiary/aromatic N) is 3. The molecule has 0 saturated carbocycles. The first-order chi connectivity index (χ1) is 14.4. The Balaban J connectivity index is 1.77. The average Bonchev–Trinajstić information content (AvgIpc) is 3.17. The molecule has 0 saturated heterocycles. The number of rotatable bonds is 4. The topological polar surface area (TPSA) is 59.8 Å². The van der Waals surface area contributed by atoms with Gasteiger partial charge in [-0.3, -0.25) is 4.79 Å². The Kier molecular flexibility index (Phi) is 5.38. The molecule has 1 amide bonds. The maximum absolute atomic E-state index is 12.8. The molecule has 1 aromatic heterocycles. The Hall–Kier alpha value is -3.44. The van der Waals surface area contributed by atoms with E-state index in [2.05, 4.69) is 29.2 Å². The Morgan fingerprint density at radius 1 is 0.933 bits per heavy atom. The van der Waals surface area contributed by atoms with E-state index >= 15 is 0 Å². The lowest BCUT2D eigenvalue weighted by Gasteiger charge is -2.09. The minimum absolute atomic E-state index is 0.0969. The van der Waals surface area contributed by atoms with Gasteiger partial charge in [-0.15, -0.1) is 5.10 Å². The van der Waals surface area contributed by atoms with Crippen LogP contribution in [0, 0.1) is 20.8 Å². The van der Waals surface area contributed by atoms with Crippen molar-refractivity contribution in [2.45, 2.75) is 20.8 Å². The second-order valence-corrected chi connectivity index (χ2v) is 7.71. The number of aromatic nitrogens is 3. The molecule has 0 aliphatic carbocycles. The number of aryl methyl sites for hydroxylation is 3. The highest BCUT2D eigenvalue weighted by atomic mass is 35.5. The fourth-order valence-corrected chi connectivity index (χ4v) is 3.26. The molecule has 3 aromatic carbocycles. The van der Waals surface area contributed by atoms with Crippen LogP contribution in [0.25, 0.3) is 17.1 Å². The van der Waals surface area contributed by atoms with Gasteiger partial charge in [0.2, 0.25) is 5.82 Å². The molecule has 0 bridgehead atoms. The van der Waals surface area contributed by atoms with Gasteiger partial charge in [-0.2, -0.15) is 0 Å². The van der Waals surface area contributed by atoms with Crippen LogP contribution in [0.4, 0.5) is 5.69 Å². The quantitative estimate of drug-likeness (QED) is 0.459. The Morgan fingerprint density at radius 2 is 1.70 bits per heavy atom.